The zero-order chi connectivity index (χ0) is 15.0. The lowest BCUT2D eigenvalue weighted by Crippen LogP contribution is -2.29. The first kappa shape index (κ1) is 14.4. The van der Waals surface area contributed by atoms with E-state index in [9.17, 15) is 4.79 Å². The standard InChI is InChI=1S/C15H16N2O2S2/c1-9-8-16-15(20-9)17-13(18)10(2)21-14(17)11-4-6-12(19-3)7-5-11/h4-8,10,14H,1-3H3. The van der Waals surface area contributed by atoms with Gasteiger partial charge in [-0.05, 0) is 31.5 Å². The number of methoxy groups -OCH3 is 1. The molecule has 2 heterocycles. The zero-order valence-electron chi connectivity index (χ0n) is 12.1. The highest BCUT2D eigenvalue weighted by molar-refractivity contribution is 8.01. The van der Waals surface area contributed by atoms with E-state index in [1.807, 2.05) is 49.2 Å². The van der Waals surface area contributed by atoms with Crippen molar-refractivity contribution >= 4 is 34.1 Å². The molecule has 3 rings (SSSR count). The van der Waals surface area contributed by atoms with Gasteiger partial charge in [-0.25, -0.2) is 4.98 Å². The number of amides is 1. The van der Waals surface area contributed by atoms with Crippen molar-refractivity contribution in [3.05, 3.63) is 40.9 Å². The van der Waals surface area contributed by atoms with Crippen LogP contribution in [0, 0.1) is 6.92 Å². The van der Waals surface area contributed by atoms with Gasteiger partial charge in [-0.2, -0.15) is 0 Å². The Morgan fingerprint density at radius 3 is 2.57 bits per heavy atom. The lowest BCUT2D eigenvalue weighted by atomic mass is 10.2. The maximum absolute atomic E-state index is 12.5. The minimum absolute atomic E-state index is 0.0241. The first-order chi connectivity index (χ1) is 10.1. The maximum Gasteiger partial charge on any atom is 0.242 e. The second kappa shape index (κ2) is 5.69. The summed E-state index contributed by atoms with van der Waals surface area (Å²) in [5.41, 5.74) is 1.09. The average Bonchev–Trinajstić information content (AvgIpc) is 3.04. The molecule has 0 saturated carbocycles. The molecule has 1 fully saturated rings. The van der Waals surface area contributed by atoms with E-state index >= 15 is 0 Å². The third-order valence-electron chi connectivity index (χ3n) is 3.37. The summed E-state index contributed by atoms with van der Waals surface area (Å²) >= 11 is 3.21. The smallest absolute Gasteiger partial charge is 0.242 e. The van der Waals surface area contributed by atoms with Gasteiger partial charge >= 0.3 is 0 Å². The Balaban J connectivity index is 1.96. The van der Waals surface area contributed by atoms with Crippen LogP contribution in [0.2, 0.25) is 0 Å². The lowest BCUT2D eigenvalue weighted by molar-refractivity contribution is -0.117. The molecule has 6 heteroatoms. The van der Waals surface area contributed by atoms with E-state index in [0.717, 1.165) is 21.3 Å². The molecule has 1 aromatic carbocycles. The summed E-state index contributed by atoms with van der Waals surface area (Å²) in [6.07, 6.45) is 1.81. The fourth-order valence-electron chi connectivity index (χ4n) is 2.27. The van der Waals surface area contributed by atoms with Gasteiger partial charge in [0.05, 0.1) is 12.4 Å². The molecular weight excluding hydrogens is 304 g/mol. The normalized spacial score (nSPS) is 21.9. The molecular formula is C15H16N2O2S2. The predicted octanol–water partition coefficient (Wildman–Crippen LogP) is 3.63. The molecule has 2 aromatic rings. The van der Waals surface area contributed by atoms with Crippen LogP contribution in [0.3, 0.4) is 0 Å². The summed E-state index contributed by atoms with van der Waals surface area (Å²) in [5, 5.41) is 0.695. The van der Waals surface area contributed by atoms with Crippen molar-refractivity contribution in [2.24, 2.45) is 0 Å². The van der Waals surface area contributed by atoms with Crippen LogP contribution in [0.5, 0.6) is 5.75 Å². The molecule has 4 nitrogen and oxygen atoms in total. The monoisotopic (exact) mass is 320 g/mol. The Hall–Kier alpha value is -1.53. The van der Waals surface area contributed by atoms with E-state index in [1.165, 1.54) is 0 Å². The molecule has 1 saturated heterocycles. The van der Waals surface area contributed by atoms with Gasteiger partial charge in [-0.1, -0.05) is 12.1 Å². The molecule has 0 radical (unpaired) electrons. The van der Waals surface area contributed by atoms with E-state index in [2.05, 4.69) is 4.98 Å². The van der Waals surface area contributed by atoms with Crippen LogP contribution in [0.25, 0.3) is 0 Å². The van der Waals surface area contributed by atoms with E-state index in [1.54, 1.807) is 30.2 Å². The van der Waals surface area contributed by atoms with Gasteiger partial charge in [0.15, 0.2) is 5.13 Å². The van der Waals surface area contributed by atoms with Crippen molar-refractivity contribution in [2.45, 2.75) is 24.5 Å². The minimum atomic E-state index is -0.0543. The Morgan fingerprint density at radius 1 is 1.29 bits per heavy atom. The van der Waals surface area contributed by atoms with Crippen molar-refractivity contribution in [3.8, 4) is 5.75 Å². The number of hydrogen-bond acceptors (Lipinski definition) is 5. The van der Waals surface area contributed by atoms with Crippen molar-refractivity contribution in [2.75, 3.05) is 12.0 Å². The number of thiazole rings is 1. The van der Waals surface area contributed by atoms with Gasteiger partial charge in [0.2, 0.25) is 5.91 Å². The molecule has 1 aromatic heterocycles. The molecule has 1 aliphatic rings. The Bertz CT molecular complexity index is 654. The molecule has 21 heavy (non-hydrogen) atoms. The predicted molar refractivity (Wildman–Crippen MR) is 87.1 cm³/mol. The Morgan fingerprint density at radius 2 is 2.00 bits per heavy atom. The maximum atomic E-state index is 12.5. The highest BCUT2D eigenvalue weighted by Gasteiger charge is 2.40. The summed E-state index contributed by atoms with van der Waals surface area (Å²) in [6.45, 7) is 3.95. The second-order valence-electron chi connectivity index (χ2n) is 4.87. The van der Waals surface area contributed by atoms with Gasteiger partial charge in [0.1, 0.15) is 11.1 Å². The van der Waals surface area contributed by atoms with Crippen LogP contribution in [-0.4, -0.2) is 23.3 Å². The van der Waals surface area contributed by atoms with Gasteiger partial charge in [0, 0.05) is 11.1 Å². The van der Waals surface area contributed by atoms with Crippen LogP contribution >= 0.6 is 23.1 Å². The number of aromatic nitrogens is 1. The average molecular weight is 320 g/mol. The molecule has 0 aliphatic carbocycles. The summed E-state index contributed by atoms with van der Waals surface area (Å²) < 4.78 is 5.19. The topological polar surface area (TPSA) is 42.4 Å². The number of aryl methyl sites for hydroxylation is 1. The molecule has 0 spiro atoms. The Kier molecular flexibility index (Phi) is 3.91. The number of rotatable bonds is 3. The zero-order valence-corrected chi connectivity index (χ0v) is 13.7. The number of anilines is 1. The summed E-state index contributed by atoms with van der Waals surface area (Å²) in [4.78, 5) is 19.8. The van der Waals surface area contributed by atoms with Crippen LogP contribution in [-0.2, 0) is 4.79 Å². The van der Waals surface area contributed by atoms with Crippen LogP contribution in [0.4, 0.5) is 5.13 Å². The van der Waals surface area contributed by atoms with E-state index in [0.29, 0.717) is 0 Å². The molecule has 0 bridgehead atoms. The number of ether oxygens (including phenoxy) is 1. The third kappa shape index (κ3) is 2.65. The molecule has 1 amide bonds. The number of nitrogens with zero attached hydrogens (tertiary/aromatic N) is 2. The Labute approximate surface area is 132 Å². The number of carbonyl (C=O) groups excluding carboxylic acids is 1. The van der Waals surface area contributed by atoms with Gasteiger partial charge in [-0.3, -0.25) is 9.69 Å². The fourth-order valence-corrected chi connectivity index (χ4v) is 4.38. The van der Waals surface area contributed by atoms with Gasteiger partial charge in [-0.15, -0.1) is 23.1 Å². The summed E-state index contributed by atoms with van der Waals surface area (Å²) in [7, 11) is 1.65. The molecule has 2 atom stereocenters. The largest absolute Gasteiger partial charge is 0.497 e. The molecule has 2 unspecified atom stereocenters. The van der Waals surface area contributed by atoms with Crippen molar-refractivity contribution in [3.63, 3.8) is 0 Å². The lowest BCUT2D eigenvalue weighted by Gasteiger charge is -2.21. The number of hydrogen-bond donors (Lipinski definition) is 0. The highest BCUT2D eigenvalue weighted by Crippen LogP contribution is 2.46. The quantitative estimate of drug-likeness (QED) is 0.866. The number of benzene rings is 1. The third-order valence-corrected chi connectivity index (χ3v) is 5.63. The van der Waals surface area contributed by atoms with Gasteiger partial charge < -0.3 is 4.74 Å². The van der Waals surface area contributed by atoms with E-state index < -0.39 is 0 Å². The summed E-state index contributed by atoms with van der Waals surface area (Å²) in [5.74, 6) is 0.938. The first-order valence-electron chi connectivity index (χ1n) is 6.65. The molecule has 110 valence electrons. The highest BCUT2D eigenvalue weighted by atomic mass is 32.2. The SMILES string of the molecule is COc1ccc(C2SC(C)C(=O)N2c2ncc(C)s2)cc1. The van der Waals surface area contributed by atoms with E-state index in [-0.39, 0.29) is 16.5 Å². The van der Waals surface area contributed by atoms with Crippen molar-refractivity contribution in [1.29, 1.82) is 0 Å². The van der Waals surface area contributed by atoms with Crippen LogP contribution in [0.1, 0.15) is 22.7 Å². The first-order valence-corrected chi connectivity index (χ1v) is 8.41. The fraction of sp³-hybridized carbons (Fsp3) is 0.333. The number of carbonyl (C=O) groups is 1. The van der Waals surface area contributed by atoms with E-state index in [4.69, 9.17) is 4.74 Å². The van der Waals surface area contributed by atoms with Crippen LogP contribution in [0.15, 0.2) is 30.5 Å². The number of thioether (sulfide) groups is 1. The van der Waals surface area contributed by atoms with Gasteiger partial charge in [0.25, 0.3) is 0 Å². The molecule has 1 aliphatic heterocycles. The minimum Gasteiger partial charge on any atom is -0.497 e. The van der Waals surface area contributed by atoms with Crippen molar-refractivity contribution < 1.29 is 9.53 Å². The summed E-state index contributed by atoms with van der Waals surface area (Å²) in [6, 6.07) is 7.87. The van der Waals surface area contributed by atoms with Crippen molar-refractivity contribution in [1.82, 2.24) is 4.98 Å². The molecule has 0 N–H and O–H groups in total. The van der Waals surface area contributed by atoms with Crippen LogP contribution < -0.4 is 9.64 Å². The second-order valence-corrected chi connectivity index (χ2v) is 7.50.